The van der Waals surface area contributed by atoms with Gasteiger partial charge in [-0.3, -0.25) is 9.69 Å². The molecule has 1 heterocycles. The van der Waals surface area contributed by atoms with Crippen molar-refractivity contribution in [3.8, 4) is 0 Å². The lowest BCUT2D eigenvalue weighted by Crippen LogP contribution is -2.49. The number of likely N-dealkylation sites (N-methyl/N-ethyl adjacent to an activating group) is 1. The van der Waals surface area contributed by atoms with Crippen LogP contribution in [0, 0.1) is 0 Å². The summed E-state index contributed by atoms with van der Waals surface area (Å²) in [6.07, 6.45) is 1.07. The number of hydrogen-bond acceptors (Lipinski definition) is 5. The standard InChI is InChI=1S/C12H23N3O3/c1-10(16)13-11(12(17)18-3)9-15-6-4-5-14(2)7-8-15/h11H,4-9H2,1-3H3,(H,13,16). The second-order valence-corrected chi connectivity index (χ2v) is 4.73. The molecule has 0 bridgehead atoms. The molecule has 104 valence electrons. The van der Waals surface area contributed by atoms with Crippen LogP contribution in [0.3, 0.4) is 0 Å². The molecule has 0 radical (unpaired) electrons. The highest BCUT2D eigenvalue weighted by molar-refractivity contribution is 5.83. The number of hydrogen-bond donors (Lipinski definition) is 1. The van der Waals surface area contributed by atoms with Crippen LogP contribution in [0.4, 0.5) is 0 Å². The Morgan fingerprint density at radius 2 is 2.00 bits per heavy atom. The molecule has 1 unspecified atom stereocenters. The smallest absolute Gasteiger partial charge is 0.329 e. The summed E-state index contributed by atoms with van der Waals surface area (Å²) in [6.45, 7) is 5.82. The molecule has 0 aromatic rings. The summed E-state index contributed by atoms with van der Waals surface area (Å²) in [5.74, 6) is -0.597. The number of ether oxygens (including phenoxy) is 1. The largest absolute Gasteiger partial charge is 0.467 e. The lowest BCUT2D eigenvalue weighted by molar-refractivity contribution is -0.145. The molecular weight excluding hydrogens is 234 g/mol. The quantitative estimate of drug-likeness (QED) is 0.675. The number of nitrogens with zero attached hydrogens (tertiary/aromatic N) is 2. The predicted molar refractivity (Wildman–Crippen MR) is 68.2 cm³/mol. The van der Waals surface area contributed by atoms with E-state index < -0.39 is 6.04 Å². The van der Waals surface area contributed by atoms with Crippen molar-refractivity contribution in [3.05, 3.63) is 0 Å². The Hall–Kier alpha value is -1.14. The molecule has 0 aromatic heterocycles. The summed E-state index contributed by atoms with van der Waals surface area (Å²) in [7, 11) is 3.43. The monoisotopic (exact) mass is 257 g/mol. The Bertz CT molecular complexity index is 296. The Labute approximate surface area is 108 Å². The van der Waals surface area contributed by atoms with Gasteiger partial charge in [0.05, 0.1) is 7.11 Å². The zero-order valence-electron chi connectivity index (χ0n) is 11.4. The Balaban J connectivity index is 2.53. The highest BCUT2D eigenvalue weighted by Crippen LogP contribution is 2.03. The lowest BCUT2D eigenvalue weighted by Gasteiger charge is -2.25. The molecule has 1 N–H and O–H groups in total. The number of esters is 1. The zero-order chi connectivity index (χ0) is 13.5. The van der Waals surface area contributed by atoms with E-state index in [4.69, 9.17) is 4.74 Å². The van der Waals surface area contributed by atoms with E-state index in [0.29, 0.717) is 6.54 Å². The third-order valence-electron chi connectivity index (χ3n) is 3.12. The van der Waals surface area contributed by atoms with Crippen LogP contribution in [0.2, 0.25) is 0 Å². The molecule has 1 rings (SSSR count). The van der Waals surface area contributed by atoms with Gasteiger partial charge in [-0.15, -0.1) is 0 Å². The number of carbonyl (C=O) groups is 2. The van der Waals surface area contributed by atoms with E-state index >= 15 is 0 Å². The first kappa shape index (κ1) is 14.9. The molecule has 1 atom stereocenters. The van der Waals surface area contributed by atoms with Gasteiger partial charge in [0.1, 0.15) is 6.04 Å². The van der Waals surface area contributed by atoms with Crippen LogP contribution < -0.4 is 5.32 Å². The lowest BCUT2D eigenvalue weighted by atomic mass is 10.2. The molecule has 0 aliphatic carbocycles. The van der Waals surface area contributed by atoms with Crippen molar-refractivity contribution in [3.63, 3.8) is 0 Å². The average Bonchev–Trinajstić information content (AvgIpc) is 2.52. The van der Waals surface area contributed by atoms with Crippen LogP contribution in [0.25, 0.3) is 0 Å². The van der Waals surface area contributed by atoms with E-state index in [1.54, 1.807) is 0 Å². The molecule has 1 amide bonds. The van der Waals surface area contributed by atoms with Gasteiger partial charge in [0, 0.05) is 26.6 Å². The first-order valence-corrected chi connectivity index (χ1v) is 6.28. The Kier molecular flexibility index (Phi) is 6.07. The fraction of sp³-hybridized carbons (Fsp3) is 0.833. The van der Waals surface area contributed by atoms with E-state index in [2.05, 4.69) is 22.2 Å². The van der Waals surface area contributed by atoms with Gasteiger partial charge in [-0.05, 0) is 26.6 Å². The van der Waals surface area contributed by atoms with Gasteiger partial charge < -0.3 is 15.0 Å². The van der Waals surface area contributed by atoms with Crippen molar-refractivity contribution in [2.75, 3.05) is 46.9 Å². The average molecular weight is 257 g/mol. The summed E-state index contributed by atoms with van der Waals surface area (Å²) in [4.78, 5) is 27.2. The second kappa shape index (κ2) is 7.33. The summed E-state index contributed by atoms with van der Waals surface area (Å²) in [5, 5.41) is 2.64. The van der Waals surface area contributed by atoms with Crippen molar-refractivity contribution in [2.24, 2.45) is 0 Å². The molecule has 0 aromatic carbocycles. The first-order valence-electron chi connectivity index (χ1n) is 6.28. The maximum Gasteiger partial charge on any atom is 0.329 e. The minimum Gasteiger partial charge on any atom is -0.467 e. The number of amides is 1. The maximum absolute atomic E-state index is 11.6. The van der Waals surface area contributed by atoms with Gasteiger partial charge in [-0.25, -0.2) is 4.79 Å². The van der Waals surface area contributed by atoms with Gasteiger partial charge >= 0.3 is 5.97 Å². The van der Waals surface area contributed by atoms with E-state index in [0.717, 1.165) is 32.6 Å². The van der Waals surface area contributed by atoms with Gasteiger partial charge in [-0.2, -0.15) is 0 Å². The third kappa shape index (κ3) is 5.01. The molecule has 6 nitrogen and oxygen atoms in total. The molecule has 1 aliphatic heterocycles. The minimum atomic E-state index is -0.573. The molecule has 0 spiro atoms. The normalized spacial score (nSPS) is 19.9. The zero-order valence-corrected chi connectivity index (χ0v) is 11.4. The maximum atomic E-state index is 11.6. The van der Waals surface area contributed by atoms with E-state index in [9.17, 15) is 9.59 Å². The predicted octanol–water partition coefficient (Wildman–Crippen LogP) is -0.698. The molecule has 1 saturated heterocycles. The third-order valence-corrected chi connectivity index (χ3v) is 3.12. The molecule has 6 heteroatoms. The van der Waals surface area contributed by atoms with Gasteiger partial charge in [0.25, 0.3) is 0 Å². The van der Waals surface area contributed by atoms with Crippen LogP contribution in [-0.4, -0.2) is 74.6 Å². The fourth-order valence-electron chi connectivity index (χ4n) is 2.11. The highest BCUT2D eigenvalue weighted by atomic mass is 16.5. The number of carbonyl (C=O) groups excluding carboxylic acids is 2. The van der Waals surface area contributed by atoms with Crippen LogP contribution in [0.5, 0.6) is 0 Å². The fourth-order valence-corrected chi connectivity index (χ4v) is 2.11. The van der Waals surface area contributed by atoms with E-state index in [1.165, 1.54) is 14.0 Å². The van der Waals surface area contributed by atoms with Crippen molar-refractivity contribution in [2.45, 2.75) is 19.4 Å². The van der Waals surface area contributed by atoms with Crippen molar-refractivity contribution >= 4 is 11.9 Å². The summed E-state index contributed by atoms with van der Waals surface area (Å²) in [6, 6.07) is -0.573. The SMILES string of the molecule is COC(=O)C(CN1CCCN(C)CC1)NC(C)=O. The van der Waals surface area contributed by atoms with Gasteiger partial charge in [0.15, 0.2) is 0 Å². The molecule has 1 aliphatic rings. The molecule has 0 saturated carbocycles. The summed E-state index contributed by atoms with van der Waals surface area (Å²) < 4.78 is 4.72. The molecular formula is C12H23N3O3. The summed E-state index contributed by atoms with van der Waals surface area (Å²) in [5.41, 5.74) is 0. The highest BCUT2D eigenvalue weighted by Gasteiger charge is 2.24. The van der Waals surface area contributed by atoms with Gasteiger partial charge in [0.2, 0.25) is 5.91 Å². The first-order chi connectivity index (χ1) is 8.52. The molecule has 18 heavy (non-hydrogen) atoms. The Morgan fingerprint density at radius 1 is 1.28 bits per heavy atom. The Morgan fingerprint density at radius 3 is 2.61 bits per heavy atom. The number of nitrogens with one attached hydrogen (secondary N) is 1. The minimum absolute atomic E-state index is 0.211. The molecule has 1 fully saturated rings. The summed E-state index contributed by atoms with van der Waals surface area (Å²) >= 11 is 0. The van der Waals surface area contributed by atoms with Crippen LogP contribution in [0.15, 0.2) is 0 Å². The van der Waals surface area contributed by atoms with Crippen molar-refractivity contribution in [1.29, 1.82) is 0 Å². The van der Waals surface area contributed by atoms with E-state index in [1.807, 2.05) is 0 Å². The number of rotatable bonds is 4. The van der Waals surface area contributed by atoms with Crippen LogP contribution in [0.1, 0.15) is 13.3 Å². The van der Waals surface area contributed by atoms with Crippen LogP contribution >= 0.6 is 0 Å². The van der Waals surface area contributed by atoms with Gasteiger partial charge in [-0.1, -0.05) is 0 Å². The topological polar surface area (TPSA) is 61.9 Å². The van der Waals surface area contributed by atoms with Crippen LogP contribution in [-0.2, 0) is 14.3 Å². The van der Waals surface area contributed by atoms with E-state index in [-0.39, 0.29) is 11.9 Å². The second-order valence-electron chi connectivity index (χ2n) is 4.73. The van der Waals surface area contributed by atoms with Crippen molar-refractivity contribution < 1.29 is 14.3 Å². The van der Waals surface area contributed by atoms with Crippen molar-refractivity contribution in [1.82, 2.24) is 15.1 Å². The number of methoxy groups -OCH3 is 1.